The fourth-order valence-corrected chi connectivity index (χ4v) is 3.55. The minimum absolute atomic E-state index is 0.382. The quantitative estimate of drug-likeness (QED) is 0.780. The highest BCUT2D eigenvalue weighted by Gasteiger charge is 2.31. The van der Waals surface area contributed by atoms with Crippen LogP contribution in [-0.4, -0.2) is 6.04 Å². The third kappa shape index (κ3) is 2.96. The van der Waals surface area contributed by atoms with E-state index in [0.29, 0.717) is 28.0 Å². The summed E-state index contributed by atoms with van der Waals surface area (Å²) in [5.74, 6) is 0.382. The zero-order valence-corrected chi connectivity index (χ0v) is 13.7. The lowest BCUT2D eigenvalue weighted by molar-refractivity contribution is 0.464. The van der Waals surface area contributed by atoms with Crippen molar-refractivity contribution >= 4 is 23.2 Å². The van der Waals surface area contributed by atoms with Crippen molar-refractivity contribution in [1.82, 2.24) is 5.32 Å². The molecule has 2 aromatic carbocycles. The van der Waals surface area contributed by atoms with Crippen LogP contribution in [0.5, 0.6) is 0 Å². The van der Waals surface area contributed by atoms with Crippen LogP contribution in [-0.2, 0) is 0 Å². The molecule has 0 heterocycles. The van der Waals surface area contributed by atoms with Gasteiger partial charge in [0.1, 0.15) is 0 Å². The van der Waals surface area contributed by atoms with Crippen LogP contribution >= 0.6 is 23.2 Å². The maximum Gasteiger partial charge on any atom is 0.0595 e. The van der Waals surface area contributed by atoms with Crippen molar-refractivity contribution in [3.8, 4) is 0 Å². The van der Waals surface area contributed by atoms with Crippen LogP contribution in [0.1, 0.15) is 48.9 Å². The van der Waals surface area contributed by atoms with E-state index in [1.807, 2.05) is 12.1 Å². The lowest BCUT2D eigenvalue weighted by Crippen LogP contribution is -2.26. The van der Waals surface area contributed by atoms with Crippen LogP contribution in [0.15, 0.2) is 42.5 Å². The van der Waals surface area contributed by atoms with Crippen molar-refractivity contribution in [1.29, 1.82) is 0 Å². The molecule has 110 valence electrons. The van der Waals surface area contributed by atoms with E-state index in [4.69, 9.17) is 23.2 Å². The molecule has 0 bridgehead atoms. The summed E-state index contributed by atoms with van der Waals surface area (Å²) in [5, 5.41) is 4.91. The van der Waals surface area contributed by atoms with E-state index < -0.39 is 0 Å². The highest BCUT2D eigenvalue weighted by Crippen LogP contribution is 2.44. The van der Waals surface area contributed by atoms with Crippen LogP contribution in [0.4, 0.5) is 0 Å². The third-order valence-electron chi connectivity index (χ3n) is 4.10. The summed E-state index contributed by atoms with van der Waals surface area (Å²) in [6.07, 6.45) is 1.06. The molecule has 0 saturated carbocycles. The molecule has 21 heavy (non-hydrogen) atoms. The predicted molar refractivity (Wildman–Crippen MR) is 90.4 cm³/mol. The molecule has 2 aromatic rings. The molecule has 3 rings (SSSR count). The van der Waals surface area contributed by atoms with Crippen LogP contribution in [0, 0.1) is 0 Å². The van der Waals surface area contributed by atoms with Crippen molar-refractivity contribution in [3.63, 3.8) is 0 Å². The summed E-state index contributed by atoms with van der Waals surface area (Å²) in [5.41, 5.74) is 4.04. The molecule has 0 radical (unpaired) electrons. The van der Waals surface area contributed by atoms with Gasteiger partial charge in [0.25, 0.3) is 0 Å². The number of halogens is 2. The lowest BCUT2D eigenvalue weighted by Gasteiger charge is -2.17. The van der Waals surface area contributed by atoms with Crippen molar-refractivity contribution in [2.24, 2.45) is 0 Å². The van der Waals surface area contributed by atoms with Crippen LogP contribution in [0.25, 0.3) is 0 Å². The molecule has 0 spiro atoms. The minimum atomic E-state index is 0.382. The molecule has 1 aliphatic rings. The SMILES string of the molecule is CC(C)N[C@@H]1C[C@H](c2ccc(Cl)c(Cl)c2)c2ccccc21. The zero-order chi connectivity index (χ0) is 15.0. The van der Waals surface area contributed by atoms with Gasteiger partial charge in [-0.25, -0.2) is 0 Å². The van der Waals surface area contributed by atoms with Gasteiger partial charge in [-0.05, 0) is 35.2 Å². The van der Waals surface area contributed by atoms with E-state index in [0.717, 1.165) is 6.42 Å². The second-order valence-electron chi connectivity index (χ2n) is 5.96. The Morgan fingerprint density at radius 3 is 2.38 bits per heavy atom. The maximum absolute atomic E-state index is 6.19. The van der Waals surface area contributed by atoms with Crippen molar-refractivity contribution in [2.45, 2.75) is 38.3 Å². The van der Waals surface area contributed by atoms with Gasteiger partial charge in [0.05, 0.1) is 10.0 Å². The number of benzene rings is 2. The van der Waals surface area contributed by atoms with Gasteiger partial charge in [-0.3, -0.25) is 0 Å². The monoisotopic (exact) mass is 319 g/mol. The molecule has 0 fully saturated rings. The van der Waals surface area contributed by atoms with Gasteiger partial charge >= 0.3 is 0 Å². The van der Waals surface area contributed by atoms with E-state index in [1.165, 1.54) is 16.7 Å². The molecular formula is C18H19Cl2N. The second kappa shape index (κ2) is 6.00. The summed E-state index contributed by atoms with van der Waals surface area (Å²) in [4.78, 5) is 0. The predicted octanol–water partition coefficient (Wildman–Crippen LogP) is 5.57. The van der Waals surface area contributed by atoms with Gasteiger partial charge in [0.2, 0.25) is 0 Å². The fourth-order valence-electron chi connectivity index (χ4n) is 3.24. The molecule has 0 unspecified atom stereocenters. The molecule has 0 amide bonds. The van der Waals surface area contributed by atoms with Crippen LogP contribution < -0.4 is 5.32 Å². The van der Waals surface area contributed by atoms with E-state index in [9.17, 15) is 0 Å². The number of hydrogen-bond acceptors (Lipinski definition) is 1. The van der Waals surface area contributed by atoms with Gasteiger partial charge in [-0.1, -0.05) is 67.4 Å². The van der Waals surface area contributed by atoms with Crippen molar-refractivity contribution in [2.75, 3.05) is 0 Å². The second-order valence-corrected chi connectivity index (χ2v) is 6.78. The van der Waals surface area contributed by atoms with Crippen LogP contribution in [0.2, 0.25) is 10.0 Å². The van der Waals surface area contributed by atoms with Gasteiger partial charge in [0, 0.05) is 18.0 Å². The van der Waals surface area contributed by atoms with E-state index in [-0.39, 0.29) is 0 Å². The largest absolute Gasteiger partial charge is 0.308 e. The fraction of sp³-hybridized carbons (Fsp3) is 0.333. The normalized spacial score (nSPS) is 20.8. The Balaban J connectivity index is 1.99. The summed E-state index contributed by atoms with van der Waals surface area (Å²) in [7, 11) is 0. The summed E-state index contributed by atoms with van der Waals surface area (Å²) in [6, 6.07) is 15.5. The molecule has 2 atom stereocenters. The van der Waals surface area contributed by atoms with Gasteiger partial charge < -0.3 is 5.32 Å². The topological polar surface area (TPSA) is 12.0 Å². The first kappa shape index (κ1) is 14.9. The van der Waals surface area contributed by atoms with E-state index in [1.54, 1.807) is 0 Å². The average molecular weight is 320 g/mol. The zero-order valence-electron chi connectivity index (χ0n) is 12.2. The third-order valence-corrected chi connectivity index (χ3v) is 4.84. The molecule has 0 aromatic heterocycles. The Hall–Kier alpha value is -1.02. The molecular weight excluding hydrogens is 301 g/mol. The van der Waals surface area contributed by atoms with Crippen molar-refractivity contribution < 1.29 is 0 Å². The first-order valence-electron chi connectivity index (χ1n) is 7.36. The number of rotatable bonds is 3. The lowest BCUT2D eigenvalue weighted by atomic mass is 9.93. The maximum atomic E-state index is 6.19. The average Bonchev–Trinajstić information content (AvgIpc) is 2.80. The van der Waals surface area contributed by atoms with Gasteiger partial charge in [0.15, 0.2) is 0 Å². The van der Waals surface area contributed by atoms with E-state index in [2.05, 4.69) is 49.5 Å². The minimum Gasteiger partial charge on any atom is -0.308 e. The Bertz CT molecular complexity index is 651. The summed E-state index contributed by atoms with van der Waals surface area (Å²) in [6.45, 7) is 4.38. The summed E-state index contributed by atoms with van der Waals surface area (Å²) >= 11 is 12.2. The Labute approximate surface area is 136 Å². The molecule has 0 aliphatic heterocycles. The smallest absolute Gasteiger partial charge is 0.0595 e. The number of fused-ring (bicyclic) bond motifs is 1. The standard InChI is InChI=1S/C18H19Cl2N/c1-11(2)21-18-10-15(13-5-3-4-6-14(13)18)12-7-8-16(19)17(20)9-12/h3-9,11,15,18,21H,10H2,1-2H3/t15-,18-/m1/s1. The molecule has 0 saturated heterocycles. The number of hydrogen-bond donors (Lipinski definition) is 1. The highest BCUT2D eigenvalue weighted by atomic mass is 35.5. The first-order valence-corrected chi connectivity index (χ1v) is 8.11. The molecule has 1 aliphatic carbocycles. The highest BCUT2D eigenvalue weighted by molar-refractivity contribution is 6.42. The Kier molecular flexibility index (Phi) is 4.26. The van der Waals surface area contributed by atoms with Crippen molar-refractivity contribution in [3.05, 3.63) is 69.2 Å². The Morgan fingerprint density at radius 2 is 1.71 bits per heavy atom. The Morgan fingerprint density at radius 1 is 1.00 bits per heavy atom. The molecule has 3 heteroatoms. The van der Waals surface area contributed by atoms with E-state index >= 15 is 0 Å². The van der Waals surface area contributed by atoms with Crippen LogP contribution in [0.3, 0.4) is 0 Å². The van der Waals surface area contributed by atoms with Gasteiger partial charge in [-0.15, -0.1) is 0 Å². The number of nitrogens with one attached hydrogen (secondary N) is 1. The molecule has 1 N–H and O–H groups in total. The summed E-state index contributed by atoms with van der Waals surface area (Å²) < 4.78 is 0. The molecule has 1 nitrogen and oxygen atoms in total. The first-order chi connectivity index (χ1) is 10.1. The van der Waals surface area contributed by atoms with Gasteiger partial charge in [-0.2, -0.15) is 0 Å².